The Morgan fingerprint density at radius 1 is 0.846 bits per heavy atom. The maximum atomic E-state index is 15.3. The number of piperidine rings is 3. The molecule has 4 aromatic carbocycles. The highest BCUT2D eigenvalue weighted by atomic mass is 32.2. The van der Waals surface area contributed by atoms with Crippen LogP contribution in [-0.2, 0) is 19.8 Å². The van der Waals surface area contributed by atoms with Crippen molar-refractivity contribution in [2.45, 2.75) is 63.0 Å². The van der Waals surface area contributed by atoms with E-state index in [4.69, 9.17) is 4.74 Å². The van der Waals surface area contributed by atoms with E-state index in [1.54, 1.807) is 6.07 Å². The van der Waals surface area contributed by atoms with E-state index in [-0.39, 0.29) is 66.3 Å². The van der Waals surface area contributed by atoms with Crippen LogP contribution in [-0.4, -0.2) is 91.0 Å². The highest BCUT2D eigenvalue weighted by Gasteiger charge is 2.33. The van der Waals surface area contributed by atoms with Gasteiger partial charge in [0.15, 0.2) is 11.6 Å². The summed E-state index contributed by atoms with van der Waals surface area (Å²) in [6.07, 6.45) is 4.58. The zero-order valence-corrected chi connectivity index (χ0v) is 36.2. The number of alkyl halides is 1. The van der Waals surface area contributed by atoms with Crippen LogP contribution in [0.2, 0.25) is 0 Å². The maximum Gasteiger partial charge on any atom is 0.301 e. The minimum absolute atomic E-state index is 0.0126. The smallest absolute Gasteiger partial charge is 0.301 e. The van der Waals surface area contributed by atoms with Gasteiger partial charge in [-0.1, -0.05) is 12.1 Å². The molecule has 14 nitrogen and oxygen atoms in total. The van der Waals surface area contributed by atoms with Crippen LogP contribution in [0.25, 0.3) is 16.6 Å². The molecule has 5 heterocycles. The fourth-order valence-corrected chi connectivity index (χ4v) is 10.8. The lowest BCUT2D eigenvalue weighted by Gasteiger charge is -2.38. The lowest BCUT2D eigenvalue weighted by Crippen LogP contribution is -2.41. The van der Waals surface area contributed by atoms with E-state index >= 15 is 8.78 Å². The Morgan fingerprint density at radius 3 is 2.29 bits per heavy atom. The minimum atomic E-state index is -4.24. The van der Waals surface area contributed by atoms with Crippen molar-refractivity contribution in [1.29, 1.82) is 5.26 Å². The van der Waals surface area contributed by atoms with Gasteiger partial charge in [-0.3, -0.25) is 29.0 Å². The number of rotatable bonds is 11. The van der Waals surface area contributed by atoms with Gasteiger partial charge in [0.25, 0.3) is 5.56 Å². The molecule has 4 aliphatic heterocycles. The van der Waals surface area contributed by atoms with Crippen LogP contribution >= 0.6 is 0 Å². The summed E-state index contributed by atoms with van der Waals surface area (Å²) in [5, 5.41) is 12.5. The monoisotopic (exact) mass is 908 g/mol. The number of hydrogen-bond acceptors (Lipinski definition) is 10. The topological polar surface area (TPSA) is 170 Å². The number of nitrogens with zero attached hydrogens (tertiary/aromatic N) is 6. The summed E-state index contributed by atoms with van der Waals surface area (Å²) in [5.41, 5.74) is 2.19. The molecule has 0 bridgehead atoms. The molecule has 2 N–H and O–H groups in total. The first-order chi connectivity index (χ1) is 31.3. The maximum absolute atomic E-state index is 15.3. The van der Waals surface area contributed by atoms with Crippen molar-refractivity contribution in [3.05, 3.63) is 118 Å². The van der Waals surface area contributed by atoms with E-state index in [9.17, 15) is 32.5 Å². The summed E-state index contributed by atoms with van der Waals surface area (Å²) < 4.78 is 80.4. The second kappa shape index (κ2) is 18.3. The Kier molecular flexibility index (Phi) is 12.4. The lowest BCUT2D eigenvalue weighted by molar-refractivity contribution is -0.134. The van der Waals surface area contributed by atoms with Crippen molar-refractivity contribution < 1.29 is 35.9 Å². The van der Waals surface area contributed by atoms with Gasteiger partial charge in [-0.2, -0.15) is 18.0 Å². The van der Waals surface area contributed by atoms with Crippen LogP contribution in [0.15, 0.2) is 83.9 Å². The number of anilines is 2. The van der Waals surface area contributed by atoms with E-state index in [0.29, 0.717) is 34.7 Å². The third-order valence-electron chi connectivity index (χ3n) is 13.2. The number of benzene rings is 4. The third kappa shape index (κ3) is 9.31. The predicted molar refractivity (Wildman–Crippen MR) is 237 cm³/mol. The normalized spacial score (nSPS) is 20.5. The van der Waals surface area contributed by atoms with Gasteiger partial charge in [-0.05, 0) is 135 Å². The number of imide groups is 1. The van der Waals surface area contributed by atoms with Crippen LogP contribution < -0.4 is 25.2 Å². The molecule has 0 unspecified atom stereocenters. The van der Waals surface area contributed by atoms with E-state index in [2.05, 4.69) is 24.8 Å². The average molecular weight is 909 g/mol. The number of ether oxygens (including phenoxy) is 1. The molecule has 65 heavy (non-hydrogen) atoms. The second-order valence-corrected chi connectivity index (χ2v) is 18.9. The van der Waals surface area contributed by atoms with E-state index in [0.717, 1.165) is 80.5 Å². The first kappa shape index (κ1) is 43.9. The Morgan fingerprint density at radius 2 is 1.60 bits per heavy atom. The number of nitriles is 1. The molecule has 4 saturated heterocycles. The Balaban J connectivity index is 0.798. The van der Waals surface area contributed by atoms with Gasteiger partial charge in [-0.25, -0.2) is 18.2 Å². The SMILES string of the molecule is N#Cc1c(NS(=O)(=O)N2CC[C@@H](F)C2)ccc(F)c1Oc1ccc2ncn(-c3ccc(N4CCC(CN5CCC(c6ccc([C@@H]7CCC(=O)NC7=O)cc6F)CC5)CC4)cc3)c(=O)c2c1. The first-order valence-electron chi connectivity index (χ1n) is 21.9. The summed E-state index contributed by atoms with van der Waals surface area (Å²) in [4.78, 5) is 47.0. The number of nitrogens with one attached hydrogen (secondary N) is 2. The molecule has 338 valence electrons. The van der Waals surface area contributed by atoms with Crippen molar-refractivity contribution >= 4 is 44.3 Å². The molecule has 5 aromatic rings. The number of likely N-dealkylation sites (tertiary alicyclic amines) is 1. The average Bonchev–Trinajstić information content (AvgIpc) is 3.76. The molecule has 0 radical (unpaired) electrons. The van der Waals surface area contributed by atoms with Crippen LogP contribution in [0.1, 0.15) is 73.5 Å². The van der Waals surface area contributed by atoms with Crippen molar-refractivity contribution in [1.82, 2.24) is 24.1 Å². The van der Waals surface area contributed by atoms with E-state index in [1.807, 2.05) is 36.4 Å². The van der Waals surface area contributed by atoms with E-state index < -0.39 is 45.0 Å². The number of amides is 2. The number of aromatic nitrogens is 2. The summed E-state index contributed by atoms with van der Waals surface area (Å²) in [6.45, 7) is 4.16. The Bertz CT molecular complexity index is 2860. The number of hydrogen-bond donors (Lipinski definition) is 2. The first-order valence-corrected chi connectivity index (χ1v) is 23.3. The van der Waals surface area contributed by atoms with Crippen molar-refractivity contribution in [3.8, 4) is 23.3 Å². The summed E-state index contributed by atoms with van der Waals surface area (Å²) >= 11 is 0. The van der Waals surface area contributed by atoms with Gasteiger partial charge in [0.05, 0.1) is 28.2 Å². The van der Waals surface area contributed by atoms with Gasteiger partial charge in [0.2, 0.25) is 11.8 Å². The molecule has 2 atom stereocenters. The fraction of sp³-hybridized carbons (Fsp3) is 0.383. The van der Waals surface area contributed by atoms with Crippen LogP contribution in [0.5, 0.6) is 11.5 Å². The number of carbonyl (C=O) groups is 2. The highest BCUT2D eigenvalue weighted by molar-refractivity contribution is 7.90. The number of carbonyl (C=O) groups excluding carboxylic acids is 2. The van der Waals surface area contributed by atoms with Crippen molar-refractivity contribution in [2.75, 3.05) is 55.4 Å². The van der Waals surface area contributed by atoms with Crippen LogP contribution in [0.4, 0.5) is 24.5 Å². The molecular weight excluding hydrogens is 862 g/mol. The van der Waals surface area contributed by atoms with Crippen LogP contribution in [0.3, 0.4) is 0 Å². The largest absolute Gasteiger partial charge is 0.453 e. The van der Waals surface area contributed by atoms with Crippen molar-refractivity contribution in [3.63, 3.8) is 0 Å². The molecule has 18 heteroatoms. The van der Waals surface area contributed by atoms with Gasteiger partial charge >= 0.3 is 10.2 Å². The second-order valence-electron chi connectivity index (χ2n) is 17.3. The van der Waals surface area contributed by atoms with Gasteiger partial charge < -0.3 is 14.5 Å². The Labute approximate surface area is 373 Å². The fourth-order valence-electron chi connectivity index (χ4n) is 9.52. The number of fused-ring (bicyclic) bond motifs is 1. The standard InChI is InChI=1S/C47H47F3N8O6S/c48-32-17-22-57(27-32)65(62,63)54-43-11-9-40(49)45(39(43)25-51)64-35-6-10-42-38(24-35)47(61)58(28-52-42)34-4-2-33(3-5-34)56-20-13-29(14-21-56)26-55-18-15-30(16-19-55)36-7-1-31(23-41(36)50)37-8-12-44(59)53-46(37)60/h1-7,9-11,23-24,28-30,32,37,54H,8,12-22,26-27H2,(H,53,59,60)/t32-,37+/m1/s1. The van der Waals surface area contributed by atoms with Crippen molar-refractivity contribution in [2.24, 2.45) is 5.92 Å². The molecule has 4 aliphatic rings. The van der Waals surface area contributed by atoms with Gasteiger partial charge in [0.1, 0.15) is 35.7 Å². The summed E-state index contributed by atoms with van der Waals surface area (Å²) in [5.74, 6) is -2.26. The van der Waals surface area contributed by atoms with E-state index in [1.165, 1.54) is 35.2 Å². The molecule has 2 amide bonds. The number of halogens is 3. The lowest BCUT2D eigenvalue weighted by atomic mass is 9.85. The summed E-state index contributed by atoms with van der Waals surface area (Å²) in [7, 11) is -4.24. The molecular formula is C47H47F3N8O6S. The molecule has 4 fully saturated rings. The Hall–Kier alpha value is -6.29. The summed E-state index contributed by atoms with van der Waals surface area (Å²) in [6, 6.07) is 21.0. The van der Waals surface area contributed by atoms with Crippen LogP contribution in [0, 0.1) is 28.9 Å². The van der Waals surface area contributed by atoms with Gasteiger partial charge in [0, 0.05) is 44.8 Å². The minimum Gasteiger partial charge on any atom is -0.453 e. The zero-order chi connectivity index (χ0) is 45.4. The predicted octanol–water partition coefficient (Wildman–Crippen LogP) is 6.64. The molecule has 9 rings (SSSR count). The quantitative estimate of drug-likeness (QED) is 0.137. The molecule has 1 aromatic heterocycles. The van der Waals surface area contributed by atoms with Gasteiger partial charge in [-0.15, -0.1) is 0 Å². The molecule has 0 spiro atoms. The third-order valence-corrected chi connectivity index (χ3v) is 14.6. The zero-order valence-electron chi connectivity index (χ0n) is 35.4. The molecule has 0 saturated carbocycles. The highest BCUT2D eigenvalue weighted by Crippen LogP contribution is 2.36. The molecule has 0 aliphatic carbocycles.